The van der Waals surface area contributed by atoms with Crippen LogP contribution in [0.25, 0.3) is 28.1 Å². The fourth-order valence-corrected chi connectivity index (χ4v) is 4.13. The zero-order chi connectivity index (χ0) is 22.4. The van der Waals surface area contributed by atoms with E-state index in [2.05, 4.69) is 22.0 Å². The first-order chi connectivity index (χ1) is 16.1. The quantitative estimate of drug-likeness (QED) is 0.306. The summed E-state index contributed by atoms with van der Waals surface area (Å²) in [6, 6.07) is 26.7. The number of para-hydroxylation sites is 2. The van der Waals surface area contributed by atoms with E-state index in [-0.39, 0.29) is 5.82 Å². The molecule has 2 aliphatic carbocycles. The lowest BCUT2D eigenvalue weighted by Gasteiger charge is -2.20. The number of nitrogens with zero attached hydrogens (tertiary/aromatic N) is 3. The number of hydrogen-bond donors (Lipinski definition) is 1. The summed E-state index contributed by atoms with van der Waals surface area (Å²) in [5.74, 6) is -0.265. The highest BCUT2D eigenvalue weighted by Crippen LogP contribution is 2.31. The van der Waals surface area contributed by atoms with E-state index < -0.39 is 0 Å². The Morgan fingerprint density at radius 1 is 0.939 bits per heavy atom. The Kier molecular flexibility index (Phi) is 4.84. The smallest absolute Gasteiger partial charge is 0.123 e. The van der Waals surface area contributed by atoms with Crippen molar-refractivity contribution in [1.82, 2.24) is 9.55 Å². The number of benzene rings is 4. The van der Waals surface area contributed by atoms with Gasteiger partial charge in [-0.15, -0.1) is 0 Å². The fourth-order valence-electron chi connectivity index (χ4n) is 4.01. The SMILES string of the molecule is Fc1ccc(Nc2cc3nc4ccccc4n(-c4ccc(Cl)cc4)c-3cc2=NC2CC2)cc1. The molecule has 0 unspecified atom stereocenters. The lowest BCUT2D eigenvalue weighted by atomic mass is 10.1. The summed E-state index contributed by atoms with van der Waals surface area (Å²) in [6.07, 6.45) is 2.20. The molecule has 0 atom stereocenters. The molecule has 3 aromatic rings. The molecule has 162 valence electrons. The van der Waals surface area contributed by atoms with Gasteiger partial charge in [0.15, 0.2) is 0 Å². The number of anilines is 2. The molecule has 6 heteroatoms. The van der Waals surface area contributed by atoms with Crippen LogP contribution in [0.4, 0.5) is 15.8 Å². The highest BCUT2D eigenvalue weighted by Gasteiger charge is 2.21. The molecule has 1 aliphatic heterocycles. The predicted molar refractivity (Wildman–Crippen MR) is 131 cm³/mol. The number of halogens is 2. The number of aromatic nitrogens is 2. The summed E-state index contributed by atoms with van der Waals surface area (Å²) in [4.78, 5) is 9.91. The maximum Gasteiger partial charge on any atom is 0.123 e. The minimum Gasteiger partial charge on any atom is -0.354 e. The van der Waals surface area contributed by atoms with Crippen molar-refractivity contribution >= 4 is 34.0 Å². The molecular formula is C27H20ClFN4. The second-order valence-corrected chi connectivity index (χ2v) is 8.70. The van der Waals surface area contributed by atoms with Gasteiger partial charge in [0.05, 0.1) is 39.5 Å². The van der Waals surface area contributed by atoms with E-state index in [1.54, 1.807) is 12.1 Å². The first-order valence-corrected chi connectivity index (χ1v) is 11.3. The summed E-state index contributed by atoms with van der Waals surface area (Å²) in [5, 5.41) is 4.97. The molecule has 4 nitrogen and oxygen atoms in total. The Hall–Kier alpha value is -3.70. The fraction of sp³-hybridized carbons (Fsp3) is 0.111. The van der Waals surface area contributed by atoms with Gasteiger partial charge in [-0.25, -0.2) is 9.37 Å². The number of fused-ring (bicyclic) bond motifs is 2. The van der Waals surface area contributed by atoms with Crippen LogP contribution in [-0.2, 0) is 0 Å². The van der Waals surface area contributed by atoms with Crippen LogP contribution in [-0.4, -0.2) is 15.6 Å². The van der Waals surface area contributed by atoms with Gasteiger partial charge in [-0.1, -0.05) is 23.7 Å². The molecule has 6 rings (SSSR count). The van der Waals surface area contributed by atoms with Crippen LogP contribution in [0, 0.1) is 5.82 Å². The predicted octanol–water partition coefficient (Wildman–Crippen LogP) is 6.73. The van der Waals surface area contributed by atoms with Gasteiger partial charge >= 0.3 is 0 Å². The molecule has 0 amide bonds. The second-order valence-electron chi connectivity index (χ2n) is 8.26. The standard InChI is InChI=1S/C27H20ClFN4/c28-17-5-13-21(14-6-17)33-26-4-2-1-3-22(26)32-25-15-23(30-19-9-7-18(29)8-10-19)24(16-27(25)33)31-20-11-12-20/h1-10,13-16,20,30H,11-12H2. The monoisotopic (exact) mass is 454 g/mol. The summed E-state index contributed by atoms with van der Waals surface area (Å²) >= 11 is 6.16. The highest BCUT2D eigenvalue weighted by molar-refractivity contribution is 6.30. The zero-order valence-electron chi connectivity index (χ0n) is 17.7. The van der Waals surface area contributed by atoms with E-state index in [4.69, 9.17) is 21.6 Å². The van der Waals surface area contributed by atoms with Gasteiger partial charge in [0.1, 0.15) is 5.82 Å². The van der Waals surface area contributed by atoms with Gasteiger partial charge in [0, 0.05) is 16.4 Å². The first-order valence-electron chi connectivity index (χ1n) is 10.9. The topological polar surface area (TPSA) is 42.2 Å². The second kappa shape index (κ2) is 8.01. The summed E-state index contributed by atoms with van der Waals surface area (Å²) in [5.41, 5.74) is 6.34. The highest BCUT2D eigenvalue weighted by atomic mass is 35.5. The minimum absolute atomic E-state index is 0.265. The van der Waals surface area contributed by atoms with Crippen LogP contribution in [0.2, 0.25) is 5.02 Å². The van der Waals surface area contributed by atoms with Crippen molar-refractivity contribution in [3.63, 3.8) is 0 Å². The molecule has 1 heterocycles. The molecule has 33 heavy (non-hydrogen) atoms. The Labute approximate surface area is 195 Å². The van der Waals surface area contributed by atoms with Crippen molar-refractivity contribution < 1.29 is 4.39 Å². The van der Waals surface area contributed by atoms with Gasteiger partial charge < -0.3 is 9.88 Å². The Morgan fingerprint density at radius 2 is 1.70 bits per heavy atom. The molecule has 0 saturated heterocycles. The molecular weight excluding hydrogens is 435 g/mol. The van der Waals surface area contributed by atoms with Gasteiger partial charge in [-0.3, -0.25) is 4.99 Å². The average molecular weight is 455 g/mol. The van der Waals surface area contributed by atoms with Crippen molar-refractivity contribution in [2.75, 3.05) is 5.32 Å². The van der Waals surface area contributed by atoms with Gasteiger partial charge in [0.2, 0.25) is 0 Å². The van der Waals surface area contributed by atoms with Crippen LogP contribution in [0.5, 0.6) is 0 Å². The van der Waals surface area contributed by atoms with Crippen LogP contribution < -0.4 is 10.7 Å². The zero-order valence-corrected chi connectivity index (χ0v) is 18.4. The van der Waals surface area contributed by atoms with Gasteiger partial charge in [0.25, 0.3) is 0 Å². The molecule has 3 aromatic carbocycles. The summed E-state index contributed by atoms with van der Waals surface area (Å²) in [6.45, 7) is 0. The molecule has 1 N–H and O–H groups in total. The normalized spacial score (nSPS) is 14.2. The third-order valence-electron chi connectivity index (χ3n) is 5.77. The van der Waals surface area contributed by atoms with E-state index in [1.165, 1.54) is 12.1 Å². The van der Waals surface area contributed by atoms with Crippen molar-refractivity contribution in [3.05, 3.63) is 101 Å². The Bertz CT molecular complexity index is 1500. The molecule has 1 fully saturated rings. The molecule has 0 spiro atoms. The van der Waals surface area contributed by atoms with E-state index in [9.17, 15) is 4.39 Å². The van der Waals surface area contributed by atoms with Crippen LogP contribution in [0.1, 0.15) is 12.8 Å². The van der Waals surface area contributed by atoms with Gasteiger partial charge in [-0.05, 0) is 85.6 Å². The van der Waals surface area contributed by atoms with Crippen LogP contribution in [0.3, 0.4) is 0 Å². The van der Waals surface area contributed by atoms with Gasteiger partial charge in [-0.2, -0.15) is 0 Å². The Morgan fingerprint density at radius 3 is 2.45 bits per heavy atom. The van der Waals surface area contributed by atoms with E-state index >= 15 is 0 Å². The molecule has 3 aliphatic rings. The lowest BCUT2D eigenvalue weighted by molar-refractivity contribution is 0.628. The van der Waals surface area contributed by atoms with E-state index in [1.807, 2.05) is 48.5 Å². The lowest BCUT2D eigenvalue weighted by Crippen LogP contribution is -2.15. The van der Waals surface area contributed by atoms with Crippen LogP contribution in [0.15, 0.2) is 89.9 Å². The summed E-state index contributed by atoms with van der Waals surface area (Å²) < 4.78 is 15.6. The number of rotatable bonds is 4. The van der Waals surface area contributed by atoms with Crippen molar-refractivity contribution in [2.24, 2.45) is 4.99 Å². The van der Waals surface area contributed by atoms with E-state index in [0.29, 0.717) is 11.1 Å². The molecule has 0 radical (unpaired) electrons. The third kappa shape index (κ3) is 3.96. The maximum atomic E-state index is 13.4. The molecule has 0 bridgehead atoms. The van der Waals surface area contributed by atoms with E-state index in [0.717, 1.165) is 57.7 Å². The Balaban J connectivity index is 1.62. The minimum atomic E-state index is -0.265. The third-order valence-corrected chi connectivity index (χ3v) is 6.03. The van der Waals surface area contributed by atoms with Crippen molar-refractivity contribution in [2.45, 2.75) is 18.9 Å². The average Bonchev–Trinajstić information content (AvgIpc) is 3.64. The van der Waals surface area contributed by atoms with Crippen LogP contribution >= 0.6 is 11.6 Å². The largest absolute Gasteiger partial charge is 0.354 e. The molecule has 1 saturated carbocycles. The van der Waals surface area contributed by atoms with Crippen molar-refractivity contribution in [3.8, 4) is 17.1 Å². The summed E-state index contributed by atoms with van der Waals surface area (Å²) in [7, 11) is 0. The number of nitrogens with one attached hydrogen (secondary N) is 1. The van der Waals surface area contributed by atoms with Crippen molar-refractivity contribution in [1.29, 1.82) is 0 Å². The first kappa shape index (κ1) is 19.9. The molecule has 0 aromatic heterocycles. The maximum absolute atomic E-state index is 13.4. The number of hydrogen-bond acceptors (Lipinski definition) is 3.